The van der Waals surface area contributed by atoms with E-state index in [0.717, 1.165) is 17.8 Å². The first-order valence-corrected chi connectivity index (χ1v) is 17.5. The van der Waals surface area contributed by atoms with E-state index in [9.17, 15) is 0 Å². The van der Waals surface area contributed by atoms with Gasteiger partial charge in [0.25, 0.3) is 0 Å². The maximum atomic E-state index is 2.53. The van der Waals surface area contributed by atoms with E-state index >= 15 is 0 Å². The van der Waals surface area contributed by atoms with Gasteiger partial charge in [0.15, 0.2) is 0 Å². The Bertz CT molecular complexity index is 1960. The minimum Gasteiger partial charge on any atom is -0.310 e. The zero-order chi connectivity index (χ0) is 31.2. The molecule has 4 bridgehead atoms. The van der Waals surface area contributed by atoms with E-state index in [1.807, 2.05) is 0 Å². The standard InChI is InChI=1S/C46H41N/c1-4-11-37(12-5-1)44-24-21-39(28-45(44)38-13-6-2-7-14-38)36-19-22-42(23-20-36)47(41-16-8-3-9-17-41)43-18-10-15-40(29-43)46-30-33-25-34(31-46)27-35(26-33)32-46/h1-24,28-29,33-35H,25-27,30-32H2. The summed E-state index contributed by atoms with van der Waals surface area (Å²) >= 11 is 0. The summed E-state index contributed by atoms with van der Waals surface area (Å²) in [6.45, 7) is 0. The first-order chi connectivity index (χ1) is 23.2. The van der Waals surface area contributed by atoms with Gasteiger partial charge < -0.3 is 4.90 Å². The van der Waals surface area contributed by atoms with E-state index in [0.29, 0.717) is 5.41 Å². The molecule has 1 heteroatoms. The first kappa shape index (κ1) is 28.4. The van der Waals surface area contributed by atoms with Crippen molar-refractivity contribution < 1.29 is 0 Å². The highest BCUT2D eigenvalue weighted by Crippen LogP contribution is 2.61. The third-order valence-electron chi connectivity index (χ3n) is 11.4. The van der Waals surface area contributed by atoms with Crippen LogP contribution in [-0.2, 0) is 5.41 Å². The lowest BCUT2D eigenvalue weighted by molar-refractivity contribution is -0.00516. The van der Waals surface area contributed by atoms with Crippen LogP contribution in [0.2, 0.25) is 0 Å². The van der Waals surface area contributed by atoms with Gasteiger partial charge in [-0.3, -0.25) is 0 Å². The van der Waals surface area contributed by atoms with Crippen molar-refractivity contribution in [3.8, 4) is 33.4 Å². The summed E-state index contributed by atoms with van der Waals surface area (Å²) in [5.41, 5.74) is 13.0. The molecule has 0 saturated heterocycles. The molecule has 230 valence electrons. The minimum absolute atomic E-state index is 0.374. The number of benzene rings is 6. The molecule has 4 aliphatic carbocycles. The van der Waals surface area contributed by atoms with Crippen LogP contribution in [0.15, 0.2) is 158 Å². The summed E-state index contributed by atoms with van der Waals surface area (Å²) in [6, 6.07) is 58.1. The summed E-state index contributed by atoms with van der Waals surface area (Å²) in [6.07, 6.45) is 8.58. The highest BCUT2D eigenvalue weighted by Gasteiger charge is 2.51. The molecule has 0 N–H and O–H groups in total. The number of anilines is 3. The average molecular weight is 608 g/mol. The van der Waals surface area contributed by atoms with E-state index in [1.54, 1.807) is 5.56 Å². The van der Waals surface area contributed by atoms with Crippen LogP contribution in [0.4, 0.5) is 17.1 Å². The van der Waals surface area contributed by atoms with E-state index in [2.05, 4.69) is 163 Å². The molecule has 1 nitrogen and oxygen atoms in total. The van der Waals surface area contributed by atoms with Gasteiger partial charge in [0.05, 0.1) is 0 Å². The molecule has 4 aliphatic rings. The van der Waals surface area contributed by atoms with Gasteiger partial charge in [-0.2, -0.15) is 0 Å². The van der Waals surface area contributed by atoms with E-state index in [-0.39, 0.29) is 0 Å². The van der Waals surface area contributed by atoms with Crippen LogP contribution in [0.1, 0.15) is 44.1 Å². The second-order valence-corrected chi connectivity index (χ2v) is 14.5. The molecule has 0 amide bonds. The molecular formula is C46H41N. The van der Waals surface area contributed by atoms with Gasteiger partial charge in [-0.1, -0.05) is 115 Å². The summed E-state index contributed by atoms with van der Waals surface area (Å²) in [5.74, 6) is 2.81. The van der Waals surface area contributed by atoms with E-state index < -0.39 is 0 Å². The van der Waals surface area contributed by atoms with Crippen LogP contribution in [0.25, 0.3) is 33.4 Å². The molecule has 0 spiro atoms. The summed E-state index contributed by atoms with van der Waals surface area (Å²) in [7, 11) is 0. The van der Waals surface area contributed by atoms with Gasteiger partial charge in [0, 0.05) is 17.1 Å². The number of rotatable bonds is 7. The molecule has 47 heavy (non-hydrogen) atoms. The Kier molecular flexibility index (Phi) is 7.08. The molecular weight excluding hydrogens is 567 g/mol. The Morgan fingerprint density at radius 2 is 0.894 bits per heavy atom. The van der Waals surface area contributed by atoms with Gasteiger partial charge in [-0.25, -0.2) is 0 Å². The lowest BCUT2D eigenvalue weighted by atomic mass is 9.48. The first-order valence-electron chi connectivity index (χ1n) is 17.5. The zero-order valence-electron chi connectivity index (χ0n) is 26.9. The third kappa shape index (κ3) is 5.28. The Labute approximate surface area is 279 Å². The van der Waals surface area contributed by atoms with Crippen LogP contribution in [0, 0.1) is 17.8 Å². The van der Waals surface area contributed by atoms with Crippen molar-refractivity contribution in [2.45, 2.75) is 43.9 Å². The smallest absolute Gasteiger partial charge is 0.0464 e. The van der Waals surface area contributed by atoms with Crippen molar-refractivity contribution in [1.29, 1.82) is 0 Å². The van der Waals surface area contributed by atoms with Gasteiger partial charge >= 0.3 is 0 Å². The highest BCUT2D eigenvalue weighted by molar-refractivity contribution is 5.87. The SMILES string of the molecule is c1ccc(-c2ccc(-c3ccc(N(c4ccccc4)c4cccc(C56CC7CC(CC(C7)C5)C6)c4)cc3)cc2-c2ccccc2)cc1. The van der Waals surface area contributed by atoms with Gasteiger partial charge in [0.1, 0.15) is 0 Å². The van der Waals surface area contributed by atoms with Crippen molar-refractivity contribution in [2.24, 2.45) is 17.8 Å². The molecule has 6 aromatic rings. The third-order valence-corrected chi connectivity index (χ3v) is 11.4. The Morgan fingerprint density at radius 1 is 0.383 bits per heavy atom. The molecule has 4 fully saturated rings. The molecule has 0 aliphatic heterocycles. The fourth-order valence-electron chi connectivity index (χ4n) is 9.72. The van der Waals surface area contributed by atoms with Gasteiger partial charge in [0.2, 0.25) is 0 Å². The Hall–Kier alpha value is -4.88. The molecule has 0 radical (unpaired) electrons. The predicted molar refractivity (Wildman–Crippen MR) is 197 cm³/mol. The molecule has 0 unspecified atom stereocenters. The predicted octanol–water partition coefficient (Wildman–Crippen LogP) is 12.6. The zero-order valence-corrected chi connectivity index (χ0v) is 26.9. The van der Waals surface area contributed by atoms with Crippen LogP contribution >= 0.6 is 0 Å². The lowest BCUT2D eigenvalue weighted by Gasteiger charge is -2.57. The van der Waals surface area contributed by atoms with Crippen molar-refractivity contribution in [3.63, 3.8) is 0 Å². The normalized spacial score (nSPS) is 22.7. The summed E-state index contributed by atoms with van der Waals surface area (Å²) in [4.78, 5) is 2.45. The Morgan fingerprint density at radius 3 is 1.51 bits per heavy atom. The molecule has 6 aromatic carbocycles. The lowest BCUT2D eigenvalue weighted by Crippen LogP contribution is -2.48. The van der Waals surface area contributed by atoms with Crippen LogP contribution in [0.3, 0.4) is 0 Å². The number of para-hydroxylation sites is 1. The van der Waals surface area contributed by atoms with Crippen molar-refractivity contribution in [1.82, 2.24) is 0 Å². The summed E-state index contributed by atoms with van der Waals surface area (Å²) in [5, 5.41) is 0. The number of hydrogen-bond donors (Lipinski definition) is 0. The second-order valence-electron chi connectivity index (χ2n) is 14.5. The van der Waals surface area contributed by atoms with Crippen LogP contribution in [-0.4, -0.2) is 0 Å². The molecule has 0 heterocycles. The van der Waals surface area contributed by atoms with Gasteiger partial charge in [-0.05, 0) is 143 Å². The molecule has 4 saturated carbocycles. The van der Waals surface area contributed by atoms with Crippen LogP contribution in [0.5, 0.6) is 0 Å². The quantitative estimate of drug-likeness (QED) is 0.174. The van der Waals surface area contributed by atoms with Crippen molar-refractivity contribution >= 4 is 17.1 Å². The summed E-state index contributed by atoms with van der Waals surface area (Å²) < 4.78 is 0. The maximum absolute atomic E-state index is 2.53. The second kappa shape index (κ2) is 11.7. The maximum Gasteiger partial charge on any atom is 0.0464 e. The van der Waals surface area contributed by atoms with E-state index in [1.165, 1.54) is 89.0 Å². The number of hydrogen-bond acceptors (Lipinski definition) is 1. The minimum atomic E-state index is 0.374. The Balaban J connectivity index is 1.09. The molecule has 10 rings (SSSR count). The largest absolute Gasteiger partial charge is 0.310 e. The highest BCUT2D eigenvalue weighted by atomic mass is 15.1. The number of nitrogens with zero attached hydrogens (tertiary/aromatic N) is 1. The topological polar surface area (TPSA) is 3.24 Å². The molecule has 0 atom stereocenters. The monoisotopic (exact) mass is 607 g/mol. The molecule has 0 aromatic heterocycles. The van der Waals surface area contributed by atoms with Crippen molar-refractivity contribution in [3.05, 3.63) is 163 Å². The fourth-order valence-corrected chi connectivity index (χ4v) is 9.72. The van der Waals surface area contributed by atoms with Crippen LogP contribution < -0.4 is 4.90 Å². The van der Waals surface area contributed by atoms with Gasteiger partial charge in [-0.15, -0.1) is 0 Å². The average Bonchev–Trinajstić information content (AvgIpc) is 3.13. The van der Waals surface area contributed by atoms with E-state index in [4.69, 9.17) is 0 Å². The van der Waals surface area contributed by atoms with Crippen molar-refractivity contribution in [2.75, 3.05) is 4.90 Å². The fraction of sp³-hybridized carbons (Fsp3) is 0.217.